The first-order valence-corrected chi connectivity index (χ1v) is 10.5. The Bertz CT molecular complexity index is 983. The van der Waals surface area contributed by atoms with Gasteiger partial charge in [0.05, 0.1) is 17.7 Å². The van der Waals surface area contributed by atoms with Crippen molar-refractivity contribution in [1.29, 1.82) is 0 Å². The molecule has 1 heterocycles. The minimum absolute atomic E-state index is 0.0156. The number of unbranched alkanes of at least 4 members (excludes halogenated alkanes) is 1. The van der Waals surface area contributed by atoms with Crippen LogP contribution in [0.5, 0.6) is 5.75 Å². The lowest BCUT2D eigenvalue weighted by Crippen LogP contribution is -2.30. The highest BCUT2D eigenvalue weighted by Crippen LogP contribution is 2.40. The minimum Gasteiger partial charge on any atom is -0.507 e. The van der Waals surface area contributed by atoms with E-state index in [1.807, 2.05) is 45.0 Å². The molecule has 1 aliphatic heterocycles. The zero-order valence-electron chi connectivity index (χ0n) is 17.4. The lowest BCUT2D eigenvalue weighted by molar-refractivity contribution is -0.139. The molecule has 1 aliphatic rings. The molecule has 30 heavy (non-hydrogen) atoms. The van der Waals surface area contributed by atoms with Crippen molar-refractivity contribution >= 4 is 29.1 Å². The minimum atomic E-state index is -0.691. The summed E-state index contributed by atoms with van der Waals surface area (Å²) < 4.78 is 5.80. The third-order valence-corrected chi connectivity index (χ3v) is 5.17. The van der Waals surface area contributed by atoms with Gasteiger partial charge in [0.15, 0.2) is 0 Å². The van der Waals surface area contributed by atoms with Crippen LogP contribution in [0.15, 0.2) is 54.1 Å². The predicted molar refractivity (Wildman–Crippen MR) is 118 cm³/mol. The fourth-order valence-corrected chi connectivity index (χ4v) is 3.80. The van der Waals surface area contributed by atoms with E-state index >= 15 is 0 Å². The largest absolute Gasteiger partial charge is 0.507 e. The van der Waals surface area contributed by atoms with Gasteiger partial charge in [0.25, 0.3) is 11.7 Å². The number of carbonyl (C=O) groups excluding carboxylic acids is 2. The topological polar surface area (TPSA) is 66.8 Å². The van der Waals surface area contributed by atoms with E-state index in [-0.39, 0.29) is 17.4 Å². The first-order chi connectivity index (χ1) is 14.3. The number of halogens is 1. The van der Waals surface area contributed by atoms with Gasteiger partial charge in [-0.3, -0.25) is 9.59 Å². The number of benzene rings is 2. The first-order valence-electron chi connectivity index (χ1n) is 10.1. The summed E-state index contributed by atoms with van der Waals surface area (Å²) >= 11 is 6.07. The molecule has 0 radical (unpaired) electrons. The lowest BCUT2D eigenvalue weighted by Gasteiger charge is -2.25. The number of likely N-dealkylation sites (tertiary alicyclic amines) is 1. The van der Waals surface area contributed by atoms with Gasteiger partial charge in [0.1, 0.15) is 11.5 Å². The van der Waals surface area contributed by atoms with Crippen molar-refractivity contribution in [3.05, 3.63) is 70.3 Å². The van der Waals surface area contributed by atoms with E-state index in [9.17, 15) is 14.7 Å². The van der Waals surface area contributed by atoms with Crippen molar-refractivity contribution in [2.24, 2.45) is 0 Å². The highest BCUT2D eigenvalue weighted by molar-refractivity contribution is 6.46. The number of nitrogens with zero attached hydrogens (tertiary/aromatic N) is 1. The fraction of sp³-hybridized carbons (Fsp3) is 0.333. The zero-order chi connectivity index (χ0) is 21.8. The molecule has 6 heteroatoms. The van der Waals surface area contributed by atoms with Crippen LogP contribution in [-0.2, 0) is 9.59 Å². The summed E-state index contributed by atoms with van der Waals surface area (Å²) in [5, 5.41) is 11.4. The molecule has 5 nitrogen and oxygen atoms in total. The van der Waals surface area contributed by atoms with Gasteiger partial charge in [-0.05, 0) is 50.1 Å². The molecule has 0 spiro atoms. The third kappa shape index (κ3) is 4.51. The second-order valence-corrected chi connectivity index (χ2v) is 8.03. The zero-order valence-corrected chi connectivity index (χ0v) is 18.1. The van der Waals surface area contributed by atoms with Crippen molar-refractivity contribution in [2.75, 3.05) is 6.54 Å². The van der Waals surface area contributed by atoms with E-state index in [1.165, 1.54) is 4.90 Å². The molecule has 1 amide bonds. The molecule has 0 saturated carbocycles. The van der Waals surface area contributed by atoms with Crippen molar-refractivity contribution in [3.63, 3.8) is 0 Å². The molecule has 1 fully saturated rings. The summed E-state index contributed by atoms with van der Waals surface area (Å²) in [5.41, 5.74) is 1.18. The highest BCUT2D eigenvalue weighted by atomic mass is 35.5. The van der Waals surface area contributed by atoms with Gasteiger partial charge >= 0.3 is 0 Å². The summed E-state index contributed by atoms with van der Waals surface area (Å²) in [5.74, 6) is -0.877. The maximum Gasteiger partial charge on any atom is 0.295 e. The van der Waals surface area contributed by atoms with Gasteiger partial charge in [0, 0.05) is 17.1 Å². The Morgan fingerprint density at radius 3 is 2.57 bits per heavy atom. The molecule has 158 valence electrons. The Labute approximate surface area is 181 Å². The van der Waals surface area contributed by atoms with Crippen LogP contribution < -0.4 is 4.74 Å². The number of ether oxygens (including phenoxy) is 1. The van der Waals surface area contributed by atoms with Crippen LogP contribution in [-0.4, -0.2) is 34.3 Å². The summed E-state index contributed by atoms with van der Waals surface area (Å²) in [6, 6.07) is 13.2. The molecule has 1 N–H and O–H groups in total. The van der Waals surface area contributed by atoms with Gasteiger partial charge in [-0.15, -0.1) is 0 Å². The van der Waals surface area contributed by atoms with Gasteiger partial charge in [-0.1, -0.05) is 49.2 Å². The molecular weight excluding hydrogens is 402 g/mol. The number of rotatable bonds is 7. The van der Waals surface area contributed by atoms with E-state index in [2.05, 4.69) is 0 Å². The maximum absolute atomic E-state index is 13.0. The van der Waals surface area contributed by atoms with Gasteiger partial charge in [0.2, 0.25) is 0 Å². The molecule has 1 saturated heterocycles. The summed E-state index contributed by atoms with van der Waals surface area (Å²) in [7, 11) is 0. The number of aliphatic hydroxyl groups is 1. The number of Topliss-reactive ketones (excluding diaryl/α,β-unsaturated/α-hetero) is 1. The number of amides is 1. The smallest absolute Gasteiger partial charge is 0.295 e. The second-order valence-electron chi connectivity index (χ2n) is 7.60. The molecule has 1 unspecified atom stereocenters. The lowest BCUT2D eigenvalue weighted by atomic mass is 9.95. The Morgan fingerprint density at radius 1 is 1.17 bits per heavy atom. The van der Waals surface area contributed by atoms with Crippen LogP contribution >= 0.6 is 11.6 Å². The number of ketones is 1. The molecular formula is C24H26ClNO4. The Balaban J connectivity index is 2.15. The Hall–Kier alpha value is -2.79. The number of aliphatic hydroxyl groups excluding tert-OH is 1. The van der Waals surface area contributed by atoms with Crippen LogP contribution in [0.3, 0.4) is 0 Å². The number of carbonyl (C=O) groups is 2. The van der Waals surface area contributed by atoms with E-state index in [0.717, 1.165) is 12.8 Å². The van der Waals surface area contributed by atoms with Crippen molar-refractivity contribution in [3.8, 4) is 5.75 Å². The average Bonchev–Trinajstić information content (AvgIpc) is 2.96. The molecule has 2 aromatic carbocycles. The molecule has 0 bridgehead atoms. The second kappa shape index (κ2) is 9.35. The Morgan fingerprint density at radius 2 is 1.90 bits per heavy atom. The van der Waals surface area contributed by atoms with Crippen molar-refractivity contribution < 1.29 is 19.4 Å². The quantitative estimate of drug-likeness (QED) is 0.367. The normalized spacial score (nSPS) is 18.3. The van der Waals surface area contributed by atoms with Crippen molar-refractivity contribution in [1.82, 2.24) is 4.90 Å². The summed E-state index contributed by atoms with van der Waals surface area (Å²) in [4.78, 5) is 27.3. The maximum atomic E-state index is 13.0. The molecule has 2 aromatic rings. The summed E-state index contributed by atoms with van der Waals surface area (Å²) in [6.45, 7) is 6.31. The van der Waals surface area contributed by atoms with E-state index in [0.29, 0.717) is 28.4 Å². The van der Waals surface area contributed by atoms with Crippen molar-refractivity contribution in [2.45, 2.75) is 45.8 Å². The first kappa shape index (κ1) is 21.9. The third-order valence-electron chi connectivity index (χ3n) is 4.94. The molecule has 0 aromatic heterocycles. The van der Waals surface area contributed by atoms with Gasteiger partial charge < -0.3 is 14.7 Å². The van der Waals surface area contributed by atoms with Crippen LogP contribution in [0.1, 0.15) is 50.8 Å². The number of hydrogen-bond donors (Lipinski definition) is 1. The predicted octanol–water partition coefficient (Wildman–Crippen LogP) is 5.35. The fourth-order valence-electron chi connectivity index (χ4n) is 3.61. The highest BCUT2D eigenvalue weighted by Gasteiger charge is 2.45. The van der Waals surface area contributed by atoms with E-state index in [4.69, 9.17) is 16.3 Å². The molecule has 0 aliphatic carbocycles. The average molecular weight is 428 g/mol. The number of hydrogen-bond acceptors (Lipinski definition) is 4. The SMILES string of the molecule is CCCCN1C(=O)C(=O)/C(=C(\O)c2cccc(Cl)c2)C1c1cccc(OC(C)C)c1. The Kier molecular flexibility index (Phi) is 6.83. The van der Waals surface area contributed by atoms with Gasteiger partial charge in [-0.2, -0.15) is 0 Å². The monoisotopic (exact) mass is 427 g/mol. The summed E-state index contributed by atoms with van der Waals surface area (Å²) in [6.07, 6.45) is 1.61. The van der Waals surface area contributed by atoms with Crippen LogP contribution in [0.4, 0.5) is 0 Å². The molecule has 3 rings (SSSR count). The van der Waals surface area contributed by atoms with Crippen LogP contribution in [0.2, 0.25) is 5.02 Å². The van der Waals surface area contributed by atoms with Gasteiger partial charge in [-0.25, -0.2) is 0 Å². The van der Waals surface area contributed by atoms with E-state index in [1.54, 1.807) is 24.3 Å². The van der Waals surface area contributed by atoms with E-state index < -0.39 is 17.7 Å². The van der Waals surface area contributed by atoms with Crippen LogP contribution in [0, 0.1) is 0 Å². The van der Waals surface area contributed by atoms with Crippen LogP contribution in [0.25, 0.3) is 5.76 Å². The molecule has 1 atom stereocenters. The standard InChI is InChI=1S/C24H26ClNO4/c1-4-5-12-26-21(16-8-7-11-19(14-16)30-15(2)3)20(23(28)24(26)29)22(27)17-9-6-10-18(25)13-17/h6-11,13-15,21,27H,4-5,12H2,1-3H3/b22-20-.